The van der Waals surface area contributed by atoms with Gasteiger partial charge >= 0.3 is 0 Å². The Morgan fingerprint density at radius 3 is 2.57 bits per heavy atom. The van der Waals surface area contributed by atoms with Crippen LogP contribution in [0.25, 0.3) is 0 Å². The van der Waals surface area contributed by atoms with E-state index in [1.165, 1.54) is 15.2 Å². The van der Waals surface area contributed by atoms with E-state index in [4.69, 9.17) is 5.73 Å². The summed E-state index contributed by atoms with van der Waals surface area (Å²) in [6.07, 6.45) is 1.47. The Kier molecular flexibility index (Phi) is 4.34. The Labute approximate surface area is 125 Å². The van der Waals surface area contributed by atoms with Gasteiger partial charge in [-0.3, -0.25) is 4.68 Å². The summed E-state index contributed by atoms with van der Waals surface area (Å²) in [5.41, 5.74) is 7.74. The standard InChI is InChI=1S/C14H20N4O2S/c1-4-18-10-13(14(15)16-18)21(19,20)17(3)9-12-8-6-5-7-11(12)2/h5-8,10H,4,9H2,1-3H3,(H2,15,16). The van der Waals surface area contributed by atoms with E-state index in [2.05, 4.69) is 5.10 Å². The van der Waals surface area contributed by atoms with Crippen molar-refractivity contribution >= 4 is 15.8 Å². The van der Waals surface area contributed by atoms with Crippen LogP contribution in [0.15, 0.2) is 35.4 Å². The molecule has 0 aliphatic carbocycles. The number of anilines is 1. The molecule has 0 unspecified atom stereocenters. The molecule has 0 saturated carbocycles. The zero-order chi connectivity index (χ0) is 15.6. The Morgan fingerprint density at radius 1 is 1.33 bits per heavy atom. The van der Waals surface area contributed by atoms with E-state index in [1.54, 1.807) is 7.05 Å². The fourth-order valence-electron chi connectivity index (χ4n) is 2.06. The average molecular weight is 308 g/mol. The van der Waals surface area contributed by atoms with Crippen LogP contribution in [0.1, 0.15) is 18.1 Å². The van der Waals surface area contributed by atoms with E-state index in [-0.39, 0.29) is 10.7 Å². The Balaban J connectivity index is 2.30. The Morgan fingerprint density at radius 2 is 2.00 bits per heavy atom. The van der Waals surface area contributed by atoms with Crippen LogP contribution in [0.3, 0.4) is 0 Å². The molecule has 2 rings (SSSR count). The SMILES string of the molecule is CCn1cc(S(=O)(=O)N(C)Cc2ccccc2C)c(N)n1. The number of aryl methyl sites for hydroxylation is 2. The third kappa shape index (κ3) is 3.08. The lowest BCUT2D eigenvalue weighted by molar-refractivity contribution is 0.466. The van der Waals surface area contributed by atoms with Crippen LogP contribution in [0.4, 0.5) is 5.82 Å². The molecule has 1 heterocycles. The van der Waals surface area contributed by atoms with Crippen molar-refractivity contribution in [1.82, 2.24) is 14.1 Å². The van der Waals surface area contributed by atoms with E-state index >= 15 is 0 Å². The smallest absolute Gasteiger partial charge is 0.248 e. The molecule has 1 aromatic carbocycles. The van der Waals surface area contributed by atoms with Crippen LogP contribution in [-0.4, -0.2) is 29.6 Å². The van der Waals surface area contributed by atoms with Gasteiger partial charge in [-0.1, -0.05) is 24.3 Å². The molecule has 0 bridgehead atoms. The van der Waals surface area contributed by atoms with Gasteiger partial charge in [0.15, 0.2) is 5.82 Å². The van der Waals surface area contributed by atoms with Crippen molar-refractivity contribution in [3.8, 4) is 0 Å². The van der Waals surface area contributed by atoms with Gasteiger partial charge in [0.05, 0.1) is 0 Å². The predicted molar refractivity (Wildman–Crippen MR) is 82.1 cm³/mol. The van der Waals surface area contributed by atoms with Crippen LogP contribution < -0.4 is 5.73 Å². The first-order valence-electron chi connectivity index (χ1n) is 6.70. The fourth-order valence-corrected chi connectivity index (χ4v) is 3.26. The van der Waals surface area contributed by atoms with Crippen LogP contribution in [0, 0.1) is 6.92 Å². The van der Waals surface area contributed by atoms with Gasteiger partial charge in [0.1, 0.15) is 4.90 Å². The minimum absolute atomic E-state index is 0.0356. The van der Waals surface area contributed by atoms with Crippen molar-refractivity contribution in [3.05, 3.63) is 41.6 Å². The first kappa shape index (κ1) is 15.5. The van der Waals surface area contributed by atoms with Gasteiger partial charge in [0, 0.05) is 26.3 Å². The highest BCUT2D eigenvalue weighted by Gasteiger charge is 2.26. The van der Waals surface area contributed by atoms with Gasteiger partial charge in [-0.05, 0) is 25.0 Å². The van der Waals surface area contributed by atoms with Gasteiger partial charge < -0.3 is 5.73 Å². The second kappa shape index (κ2) is 5.87. The maximum absolute atomic E-state index is 12.6. The van der Waals surface area contributed by atoms with Crippen molar-refractivity contribution in [2.75, 3.05) is 12.8 Å². The molecule has 21 heavy (non-hydrogen) atoms. The third-order valence-electron chi connectivity index (χ3n) is 3.42. The molecule has 0 aliphatic heterocycles. The lowest BCUT2D eigenvalue weighted by atomic mass is 10.1. The monoisotopic (exact) mass is 308 g/mol. The molecular formula is C14H20N4O2S. The topological polar surface area (TPSA) is 81.2 Å². The number of sulfonamides is 1. The molecule has 6 nitrogen and oxygen atoms in total. The van der Waals surface area contributed by atoms with Crippen LogP contribution >= 0.6 is 0 Å². The van der Waals surface area contributed by atoms with E-state index in [0.29, 0.717) is 13.1 Å². The lowest BCUT2D eigenvalue weighted by Gasteiger charge is -2.17. The molecule has 0 atom stereocenters. The number of nitrogens with zero attached hydrogens (tertiary/aromatic N) is 3. The minimum Gasteiger partial charge on any atom is -0.381 e. The Hall–Kier alpha value is -1.86. The maximum atomic E-state index is 12.6. The number of nitrogens with two attached hydrogens (primary N) is 1. The van der Waals surface area contributed by atoms with Crippen molar-refractivity contribution in [3.63, 3.8) is 0 Å². The Bertz CT molecular complexity index is 737. The summed E-state index contributed by atoms with van der Waals surface area (Å²) >= 11 is 0. The largest absolute Gasteiger partial charge is 0.381 e. The fraction of sp³-hybridized carbons (Fsp3) is 0.357. The first-order chi connectivity index (χ1) is 9.86. The number of nitrogen functional groups attached to an aromatic ring is 1. The van der Waals surface area contributed by atoms with Crippen molar-refractivity contribution in [1.29, 1.82) is 0 Å². The molecule has 0 amide bonds. The number of benzene rings is 1. The maximum Gasteiger partial charge on any atom is 0.248 e. The zero-order valence-corrected chi connectivity index (χ0v) is 13.3. The van der Waals surface area contributed by atoms with Gasteiger partial charge in [-0.2, -0.15) is 9.40 Å². The highest BCUT2D eigenvalue weighted by Crippen LogP contribution is 2.22. The summed E-state index contributed by atoms with van der Waals surface area (Å²) in [5.74, 6) is 0.0356. The molecular weight excluding hydrogens is 288 g/mol. The van der Waals surface area contributed by atoms with Crippen LogP contribution in [-0.2, 0) is 23.1 Å². The van der Waals surface area contributed by atoms with Crippen molar-refractivity contribution in [2.24, 2.45) is 0 Å². The third-order valence-corrected chi connectivity index (χ3v) is 5.24. The van der Waals surface area contributed by atoms with Gasteiger partial charge in [0.2, 0.25) is 10.0 Å². The highest BCUT2D eigenvalue weighted by molar-refractivity contribution is 7.89. The summed E-state index contributed by atoms with van der Waals surface area (Å²) in [6, 6.07) is 7.70. The second-order valence-electron chi connectivity index (χ2n) is 4.92. The molecule has 2 N–H and O–H groups in total. The molecule has 114 valence electrons. The molecule has 0 aliphatic rings. The summed E-state index contributed by atoms with van der Waals surface area (Å²) in [6.45, 7) is 4.70. The molecule has 2 aromatic rings. The van der Waals surface area contributed by atoms with Crippen LogP contribution in [0.5, 0.6) is 0 Å². The molecule has 0 spiro atoms. The number of hydrogen-bond acceptors (Lipinski definition) is 4. The molecule has 7 heteroatoms. The van der Waals surface area contributed by atoms with E-state index < -0.39 is 10.0 Å². The summed E-state index contributed by atoms with van der Waals surface area (Å²) in [5, 5.41) is 3.99. The predicted octanol–water partition coefficient (Wildman–Crippen LogP) is 1.61. The molecule has 0 saturated heterocycles. The van der Waals surface area contributed by atoms with Crippen molar-refractivity contribution in [2.45, 2.75) is 31.8 Å². The summed E-state index contributed by atoms with van der Waals surface area (Å²) < 4.78 is 28.0. The van der Waals surface area contributed by atoms with E-state index in [9.17, 15) is 8.42 Å². The number of rotatable bonds is 5. The normalized spacial score (nSPS) is 12.0. The van der Waals surface area contributed by atoms with Crippen LogP contribution in [0.2, 0.25) is 0 Å². The van der Waals surface area contributed by atoms with Gasteiger partial charge in [-0.25, -0.2) is 8.42 Å². The van der Waals surface area contributed by atoms with E-state index in [1.807, 2.05) is 38.1 Å². The average Bonchev–Trinajstić information content (AvgIpc) is 2.83. The summed E-state index contributed by atoms with van der Waals surface area (Å²) in [4.78, 5) is 0.0560. The number of aromatic nitrogens is 2. The zero-order valence-electron chi connectivity index (χ0n) is 12.4. The molecule has 1 aromatic heterocycles. The molecule has 0 radical (unpaired) electrons. The number of hydrogen-bond donors (Lipinski definition) is 1. The van der Waals surface area contributed by atoms with Gasteiger partial charge in [-0.15, -0.1) is 0 Å². The highest BCUT2D eigenvalue weighted by atomic mass is 32.2. The summed E-state index contributed by atoms with van der Waals surface area (Å²) in [7, 11) is -2.10. The van der Waals surface area contributed by atoms with E-state index in [0.717, 1.165) is 11.1 Å². The quantitative estimate of drug-likeness (QED) is 0.910. The van der Waals surface area contributed by atoms with Crippen molar-refractivity contribution < 1.29 is 8.42 Å². The minimum atomic E-state index is -3.65. The molecule has 0 fully saturated rings. The van der Waals surface area contributed by atoms with Gasteiger partial charge in [0.25, 0.3) is 0 Å². The first-order valence-corrected chi connectivity index (χ1v) is 8.14. The second-order valence-corrected chi connectivity index (χ2v) is 6.94. The lowest BCUT2D eigenvalue weighted by Crippen LogP contribution is -2.27.